The Balaban J connectivity index is 1.46. The van der Waals surface area contributed by atoms with Gasteiger partial charge in [-0.2, -0.15) is 0 Å². The second-order valence-corrected chi connectivity index (χ2v) is 8.95. The monoisotopic (exact) mass is 484 g/mol. The van der Waals surface area contributed by atoms with E-state index in [0.717, 1.165) is 17.3 Å². The highest BCUT2D eigenvalue weighted by Crippen LogP contribution is 2.27. The number of carbonyl (C=O) groups is 1. The molecule has 0 bridgehead atoms. The molecule has 0 aliphatic heterocycles. The summed E-state index contributed by atoms with van der Waals surface area (Å²) in [5.74, 6) is 0.649. The van der Waals surface area contributed by atoms with Crippen molar-refractivity contribution in [2.75, 3.05) is 19.4 Å². The number of hydrogen-bond acceptors (Lipinski definition) is 5. The molecule has 7 nitrogen and oxygen atoms in total. The lowest BCUT2D eigenvalue weighted by Crippen LogP contribution is -2.28. The Hall–Kier alpha value is -4.04. The minimum absolute atomic E-state index is 0.114. The zero-order valence-corrected chi connectivity index (χ0v) is 20.0. The van der Waals surface area contributed by atoms with Crippen LogP contribution in [0.3, 0.4) is 0 Å². The largest absolute Gasteiger partial charge is 0.497 e. The van der Waals surface area contributed by atoms with Crippen LogP contribution in [0.15, 0.2) is 88.8 Å². The van der Waals surface area contributed by atoms with E-state index in [4.69, 9.17) is 9.72 Å². The third-order valence-corrected chi connectivity index (χ3v) is 6.66. The average molecular weight is 485 g/mol. The van der Waals surface area contributed by atoms with E-state index in [1.54, 1.807) is 13.2 Å². The van der Waals surface area contributed by atoms with Crippen molar-refractivity contribution < 1.29 is 9.53 Å². The van der Waals surface area contributed by atoms with Crippen molar-refractivity contribution in [1.82, 2.24) is 19.9 Å². The molecular formula is C27H24N4O3S. The Morgan fingerprint density at radius 2 is 1.86 bits per heavy atom. The molecule has 0 saturated carbocycles. The van der Waals surface area contributed by atoms with Crippen LogP contribution in [0, 0.1) is 0 Å². The number of methoxy groups -OCH3 is 1. The maximum absolute atomic E-state index is 13.6. The number of H-pyrrole nitrogens is 1. The van der Waals surface area contributed by atoms with Crippen LogP contribution >= 0.6 is 11.8 Å². The number of nitrogens with zero attached hydrogens (tertiary/aromatic N) is 2. The fourth-order valence-electron chi connectivity index (χ4n) is 3.99. The van der Waals surface area contributed by atoms with Crippen LogP contribution in [0.25, 0.3) is 27.6 Å². The van der Waals surface area contributed by atoms with Gasteiger partial charge in [-0.05, 0) is 30.2 Å². The number of aromatic nitrogens is 3. The summed E-state index contributed by atoms with van der Waals surface area (Å²) in [6.45, 7) is 0.543. The fraction of sp³-hybridized carbons (Fsp3) is 0.148. The number of carbonyl (C=O) groups excluding carboxylic acids is 1. The number of thioether (sulfide) groups is 1. The number of benzene rings is 3. The third-order valence-electron chi connectivity index (χ3n) is 5.72. The van der Waals surface area contributed by atoms with E-state index in [2.05, 4.69) is 10.3 Å². The van der Waals surface area contributed by atoms with Crippen LogP contribution in [-0.4, -0.2) is 39.8 Å². The third kappa shape index (κ3) is 4.79. The molecule has 0 saturated heterocycles. The van der Waals surface area contributed by atoms with Crippen LogP contribution < -0.4 is 15.6 Å². The molecule has 2 heterocycles. The average Bonchev–Trinajstić information content (AvgIpc) is 3.27. The molecule has 0 fully saturated rings. The molecule has 2 aromatic heterocycles. The van der Waals surface area contributed by atoms with Gasteiger partial charge in [0.1, 0.15) is 16.8 Å². The summed E-state index contributed by atoms with van der Waals surface area (Å²) in [5.41, 5.74) is 3.41. The van der Waals surface area contributed by atoms with Crippen molar-refractivity contribution in [3.05, 3.63) is 94.8 Å². The lowest BCUT2D eigenvalue weighted by Gasteiger charge is -2.13. The number of amides is 1. The molecule has 5 rings (SSSR count). The first-order valence-electron chi connectivity index (χ1n) is 11.3. The molecule has 0 aliphatic rings. The molecule has 3 aromatic carbocycles. The molecule has 35 heavy (non-hydrogen) atoms. The number of rotatable bonds is 8. The van der Waals surface area contributed by atoms with Crippen molar-refractivity contribution in [2.45, 2.75) is 11.6 Å². The van der Waals surface area contributed by atoms with Gasteiger partial charge in [0.25, 0.3) is 5.56 Å². The zero-order valence-electron chi connectivity index (χ0n) is 19.2. The quantitative estimate of drug-likeness (QED) is 0.253. The second-order valence-electron chi connectivity index (χ2n) is 8.00. The molecule has 0 unspecified atom stereocenters. The van der Waals surface area contributed by atoms with E-state index in [-0.39, 0.29) is 17.2 Å². The van der Waals surface area contributed by atoms with Crippen LogP contribution in [0.4, 0.5) is 0 Å². The van der Waals surface area contributed by atoms with Crippen LogP contribution in [0.2, 0.25) is 0 Å². The lowest BCUT2D eigenvalue weighted by molar-refractivity contribution is -0.118. The fourth-order valence-corrected chi connectivity index (χ4v) is 4.82. The highest BCUT2D eigenvalue weighted by molar-refractivity contribution is 7.99. The van der Waals surface area contributed by atoms with Crippen LogP contribution in [0.5, 0.6) is 5.75 Å². The first kappa shape index (κ1) is 22.7. The summed E-state index contributed by atoms with van der Waals surface area (Å²) in [4.78, 5) is 34.3. The Labute approximate surface area is 206 Å². The Morgan fingerprint density at radius 3 is 2.69 bits per heavy atom. The van der Waals surface area contributed by atoms with Crippen molar-refractivity contribution in [2.24, 2.45) is 0 Å². The van der Waals surface area contributed by atoms with Crippen LogP contribution in [-0.2, 0) is 11.2 Å². The SMILES string of the molecule is COc1cccc(-n2c(SCC(=O)NCCc3ccccc3)nc3c([nH]c4ccccc43)c2=O)c1. The first-order valence-corrected chi connectivity index (χ1v) is 12.2. The smallest absolute Gasteiger partial charge is 0.283 e. The molecule has 8 heteroatoms. The normalized spacial score (nSPS) is 11.1. The second kappa shape index (κ2) is 10.1. The van der Waals surface area contributed by atoms with Gasteiger partial charge in [-0.1, -0.05) is 66.4 Å². The molecule has 0 aliphatic carbocycles. The van der Waals surface area contributed by atoms with E-state index in [1.165, 1.54) is 21.9 Å². The van der Waals surface area contributed by atoms with Gasteiger partial charge < -0.3 is 15.0 Å². The van der Waals surface area contributed by atoms with E-state index in [9.17, 15) is 9.59 Å². The number of ether oxygens (including phenoxy) is 1. The highest BCUT2D eigenvalue weighted by Gasteiger charge is 2.18. The van der Waals surface area contributed by atoms with Crippen molar-refractivity contribution >= 4 is 39.6 Å². The molecule has 5 aromatic rings. The summed E-state index contributed by atoms with van der Waals surface area (Å²) in [7, 11) is 1.58. The van der Waals surface area contributed by atoms with Gasteiger partial charge in [-0.15, -0.1) is 0 Å². The molecular weight excluding hydrogens is 460 g/mol. The van der Waals surface area contributed by atoms with Crippen molar-refractivity contribution in [3.8, 4) is 11.4 Å². The minimum Gasteiger partial charge on any atom is -0.497 e. The Bertz CT molecular complexity index is 1560. The van der Waals surface area contributed by atoms with Crippen molar-refractivity contribution in [3.63, 3.8) is 0 Å². The maximum Gasteiger partial charge on any atom is 0.283 e. The predicted molar refractivity (Wildman–Crippen MR) is 140 cm³/mol. The summed E-state index contributed by atoms with van der Waals surface area (Å²) in [5, 5.41) is 4.26. The number of aromatic amines is 1. The van der Waals surface area contributed by atoms with Crippen molar-refractivity contribution in [1.29, 1.82) is 0 Å². The molecule has 176 valence electrons. The van der Waals surface area contributed by atoms with E-state index in [0.29, 0.717) is 34.2 Å². The van der Waals surface area contributed by atoms with Gasteiger partial charge in [0.2, 0.25) is 5.91 Å². The lowest BCUT2D eigenvalue weighted by atomic mass is 10.1. The molecule has 1 amide bonds. The number of hydrogen-bond donors (Lipinski definition) is 2. The Kier molecular flexibility index (Phi) is 6.54. The standard InChI is InChI=1S/C27H24N4O3S/c1-34-20-11-7-10-19(16-20)31-26(33)25-24(21-12-5-6-13-22(21)29-25)30-27(31)35-17-23(32)28-15-14-18-8-3-2-4-9-18/h2-13,16,29H,14-15,17H2,1H3,(H,28,32). The first-order chi connectivity index (χ1) is 17.1. The van der Waals surface area contributed by atoms with Gasteiger partial charge in [0.05, 0.1) is 18.6 Å². The molecule has 0 spiro atoms. The molecule has 2 N–H and O–H groups in total. The number of nitrogens with one attached hydrogen (secondary N) is 2. The number of fused-ring (bicyclic) bond motifs is 3. The van der Waals surface area contributed by atoms with E-state index in [1.807, 2.05) is 72.8 Å². The van der Waals surface area contributed by atoms with Gasteiger partial charge in [0, 0.05) is 23.5 Å². The van der Waals surface area contributed by atoms with Crippen LogP contribution in [0.1, 0.15) is 5.56 Å². The summed E-state index contributed by atoms with van der Waals surface area (Å²) >= 11 is 1.24. The van der Waals surface area contributed by atoms with Gasteiger partial charge in [0.15, 0.2) is 5.16 Å². The maximum atomic E-state index is 13.6. The van der Waals surface area contributed by atoms with Gasteiger partial charge in [-0.25, -0.2) is 4.98 Å². The van der Waals surface area contributed by atoms with E-state index < -0.39 is 0 Å². The summed E-state index contributed by atoms with van der Waals surface area (Å²) in [6.07, 6.45) is 0.755. The molecule has 0 radical (unpaired) electrons. The zero-order chi connectivity index (χ0) is 24.2. The number of para-hydroxylation sites is 1. The highest BCUT2D eigenvalue weighted by atomic mass is 32.2. The van der Waals surface area contributed by atoms with Gasteiger partial charge >= 0.3 is 0 Å². The van der Waals surface area contributed by atoms with Gasteiger partial charge in [-0.3, -0.25) is 14.2 Å². The predicted octanol–water partition coefficient (Wildman–Crippen LogP) is 4.33. The topological polar surface area (TPSA) is 89.0 Å². The summed E-state index contributed by atoms with van der Waals surface area (Å²) < 4.78 is 6.89. The van der Waals surface area contributed by atoms with E-state index >= 15 is 0 Å². The summed E-state index contributed by atoms with van der Waals surface area (Å²) in [6, 6.07) is 24.9. The minimum atomic E-state index is -0.230. The molecule has 0 atom stereocenters. The Morgan fingerprint density at radius 1 is 1.06 bits per heavy atom.